The van der Waals surface area contributed by atoms with E-state index < -0.39 is 0 Å². The average Bonchev–Trinajstić information content (AvgIpc) is 3.45. The van der Waals surface area contributed by atoms with Crippen LogP contribution >= 0.6 is 15.9 Å². The van der Waals surface area contributed by atoms with Crippen LogP contribution < -0.4 is 5.56 Å². The molecular formula is C29H28BrN7O2. The number of aryl methyl sites for hydroxylation is 4. The molecule has 10 heteroatoms. The molecule has 0 unspecified atom stereocenters. The van der Waals surface area contributed by atoms with Crippen molar-refractivity contribution in [3.8, 4) is 11.6 Å². The molecule has 0 fully saturated rings. The summed E-state index contributed by atoms with van der Waals surface area (Å²) < 4.78 is 6.21. The van der Waals surface area contributed by atoms with Gasteiger partial charge in [-0.3, -0.25) is 9.59 Å². The first-order chi connectivity index (χ1) is 18.6. The van der Waals surface area contributed by atoms with Crippen LogP contribution in [-0.4, -0.2) is 45.7 Å². The van der Waals surface area contributed by atoms with Gasteiger partial charge in [0.05, 0.1) is 41.0 Å². The Morgan fingerprint density at radius 1 is 1.08 bits per heavy atom. The van der Waals surface area contributed by atoms with Crippen molar-refractivity contribution in [3.05, 3.63) is 97.4 Å². The van der Waals surface area contributed by atoms with Gasteiger partial charge in [0.25, 0.3) is 11.5 Å². The summed E-state index contributed by atoms with van der Waals surface area (Å²) in [6.45, 7) is 8.03. The van der Waals surface area contributed by atoms with E-state index in [2.05, 4.69) is 26.0 Å². The number of hydrogen-bond acceptors (Lipinski definition) is 5. The Morgan fingerprint density at radius 2 is 1.87 bits per heavy atom. The molecule has 0 bridgehead atoms. The van der Waals surface area contributed by atoms with Gasteiger partial charge in [-0.15, -0.1) is 0 Å². The van der Waals surface area contributed by atoms with Crippen molar-refractivity contribution in [2.45, 2.75) is 46.7 Å². The number of carbonyl (C=O) groups excluding carboxylic acids is 1. The summed E-state index contributed by atoms with van der Waals surface area (Å²) in [5, 5.41) is 4.65. The lowest BCUT2D eigenvalue weighted by Gasteiger charge is -2.34. The predicted molar refractivity (Wildman–Crippen MR) is 153 cm³/mol. The summed E-state index contributed by atoms with van der Waals surface area (Å²) in [6.07, 6.45) is 2.16. The van der Waals surface area contributed by atoms with Gasteiger partial charge in [0.1, 0.15) is 0 Å². The highest BCUT2D eigenvalue weighted by Gasteiger charge is 2.32. The van der Waals surface area contributed by atoms with Crippen molar-refractivity contribution in [2.75, 3.05) is 0 Å². The topological polar surface area (TPSA) is 90.8 Å². The van der Waals surface area contributed by atoms with Crippen molar-refractivity contribution < 1.29 is 4.79 Å². The van der Waals surface area contributed by atoms with Crippen LogP contribution in [0.25, 0.3) is 22.7 Å². The second-order valence-corrected chi connectivity index (χ2v) is 11.1. The monoisotopic (exact) mass is 585 g/mol. The summed E-state index contributed by atoms with van der Waals surface area (Å²) in [4.78, 5) is 39.1. The lowest BCUT2D eigenvalue weighted by Crippen LogP contribution is -2.46. The molecule has 0 spiro atoms. The van der Waals surface area contributed by atoms with Crippen molar-refractivity contribution in [1.82, 2.24) is 33.8 Å². The highest BCUT2D eigenvalue weighted by atomic mass is 79.9. The van der Waals surface area contributed by atoms with Gasteiger partial charge in [-0.1, -0.05) is 15.9 Å². The second kappa shape index (κ2) is 9.30. The largest absolute Gasteiger partial charge is 0.334 e. The maximum atomic E-state index is 14.2. The minimum absolute atomic E-state index is 0.0806. The lowest BCUT2D eigenvalue weighted by atomic mass is 9.98. The van der Waals surface area contributed by atoms with E-state index in [0.717, 1.165) is 32.5 Å². The Kier molecular flexibility index (Phi) is 6.02. The summed E-state index contributed by atoms with van der Waals surface area (Å²) in [5.74, 6) is 0.309. The molecule has 0 saturated heterocycles. The molecule has 0 saturated carbocycles. The molecule has 39 heavy (non-hydrogen) atoms. The van der Waals surface area contributed by atoms with Gasteiger partial charge in [-0.05, 0) is 82.1 Å². The summed E-state index contributed by atoms with van der Waals surface area (Å²) in [6, 6.07) is 13.1. The number of amides is 1. The van der Waals surface area contributed by atoms with Gasteiger partial charge in [-0.25, -0.2) is 19.2 Å². The number of nitrogens with zero attached hydrogens (tertiary/aromatic N) is 7. The lowest BCUT2D eigenvalue weighted by molar-refractivity contribution is 0.0652. The first-order valence-electron chi connectivity index (χ1n) is 12.8. The van der Waals surface area contributed by atoms with Gasteiger partial charge in [0.15, 0.2) is 0 Å². The molecule has 2 aromatic carbocycles. The van der Waals surface area contributed by atoms with Crippen molar-refractivity contribution in [3.63, 3.8) is 0 Å². The minimum atomic E-state index is -0.172. The highest BCUT2D eigenvalue weighted by molar-refractivity contribution is 9.10. The number of aromatic nitrogens is 6. The van der Waals surface area contributed by atoms with Crippen LogP contribution in [0.2, 0.25) is 0 Å². The van der Waals surface area contributed by atoms with E-state index in [-0.39, 0.29) is 24.1 Å². The Bertz CT molecular complexity index is 1850. The molecule has 1 aliphatic heterocycles. The van der Waals surface area contributed by atoms with Crippen molar-refractivity contribution in [2.24, 2.45) is 7.05 Å². The van der Waals surface area contributed by atoms with E-state index in [1.165, 1.54) is 0 Å². The summed E-state index contributed by atoms with van der Waals surface area (Å²) >= 11 is 3.51. The molecule has 198 valence electrons. The quantitative estimate of drug-likeness (QED) is 0.309. The first kappa shape index (κ1) is 25.2. The Labute approximate surface area is 233 Å². The van der Waals surface area contributed by atoms with Gasteiger partial charge in [0.2, 0.25) is 5.95 Å². The number of carbonyl (C=O) groups is 1. The molecule has 1 amide bonds. The van der Waals surface area contributed by atoms with Crippen molar-refractivity contribution >= 4 is 32.9 Å². The molecule has 1 atom stereocenters. The molecular weight excluding hydrogens is 558 g/mol. The van der Waals surface area contributed by atoms with Crippen LogP contribution in [0.4, 0.5) is 0 Å². The van der Waals surface area contributed by atoms with E-state index in [1.807, 2.05) is 81.8 Å². The molecule has 0 N–H and O–H groups in total. The van der Waals surface area contributed by atoms with Crippen molar-refractivity contribution in [1.29, 1.82) is 0 Å². The second-order valence-electron chi connectivity index (χ2n) is 10.3. The van der Waals surface area contributed by atoms with Crippen LogP contribution in [0, 0.1) is 20.8 Å². The molecule has 5 aromatic rings. The van der Waals surface area contributed by atoms with Crippen LogP contribution in [0.15, 0.2) is 58.1 Å². The van der Waals surface area contributed by atoms with Gasteiger partial charge >= 0.3 is 0 Å². The molecule has 6 rings (SSSR count). The van der Waals surface area contributed by atoms with Crippen LogP contribution in [0.5, 0.6) is 0 Å². The normalized spacial score (nSPS) is 15.1. The third kappa shape index (κ3) is 4.19. The van der Waals surface area contributed by atoms with Gasteiger partial charge in [-0.2, -0.15) is 5.10 Å². The molecule has 1 aliphatic rings. The Morgan fingerprint density at radius 3 is 2.59 bits per heavy atom. The SMILES string of the molecule is Cc1cc(C)n(-c2nc3c(c(=O)n2-c2ccc4c(c2)ncn4C)C[C@@H](C)N(C(=O)c2ccc(Br)c(C)c2)C3)n1. The molecule has 0 aliphatic carbocycles. The zero-order valence-corrected chi connectivity index (χ0v) is 24.0. The number of imidazole rings is 1. The predicted octanol–water partition coefficient (Wildman–Crippen LogP) is 4.58. The highest BCUT2D eigenvalue weighted by Crippen LogP contribution is 2.26. The maximum Gasteiger partial charge on any atom is 0.263 e. The fourth-order valence-corrected chi connectivity index (χ4v) is 5.58. The standard InChI is InChI=1S/C29H28BrN7O2/c1-16-10-20(6-8-23(16)30)27(38)35-14-25-22(12-18(35)3)28(39)36(29(32-25)37-19(4)11-17(2)33-37)21-7-9-26-24(13-21)31-15-34(26)5/h6-11,13,15,18H,12,14H2,1-5H3/t18-/m1/s1. The minimum Gasteiger partial charge on any atom is -0.334 e. The third-order valence-electron chi connectivity index (χ3n) is 7.43. The van der Waals surface area contributed by atoms with E-state index in [0.29, 0.717) is 34.9 Å². The molecule has 4 heterocycles. The maximum absolute atomic E-state index is 14.2. The van der Waals surface area contributed by atoms with E-state index in [4.69, 9.17) is 4.98 Å². The van der Waals surface area contributed by atoms with Crippen LogP contribution in [0.3, 0.4) is 0 Å². The van der Waals surface area contributed by atoms with Crippen LogP contribution in [0.1, 0.15) is 45.5 Å². The summed E-state index contributed by atoms with van der Waals surface area (Å²) in [5.41, 5.74) is 6.76. The zero-order valence-electron chi connectivity index (χ0n) is 22.4. The average molecular weight is 586 g/mol. The number of hydrogen-bond donors (Lipinski definition) is 0. The number of halogens is 1. The molecule has 3 aromatic heterocycles. The van der Waals surface area contributed by atoms with Crippen LogP contribution in [-0.2, 0) is 20.0 Å². The van der Waals surface area contributed by atoms with Gasteiger partial charge in [0, 0.05) is 34.4 Å². The first-order valence-corrected chi connectivity index (χ1v) is 13.6. The van der Waals surface area contributed by atoms with E-state index in [1.54, 1.807) is 20.5 Å². The number of fused-ring (bicyclic) bond motifs is 2. The Hall–Kier alpha value is -4.05. The number of rotatable bonds is 3. The smallest absolute Gasteiger partial charge is 0.263 e. The Balaban J connectivity index is 1.51. The number of benzene rings is 2. The van der Waals surface area contributed by atoms with E-state index >= 15 is 0 Å². The third-order valence-corrected chi connectivity index (χ3v) is 8.32. The summed E-state index contributed by atoms with van der Waals surface area (Å²) in [7, 11) is 1.94. The van der Waals surface area contributed by atoms with E-state index in [9.17, 15) is 9.59 Å². The molecule has 9 nitrogen and oxygen atoms in total. The zero-order chi connectivity index (χ0) is 27.6. The fourth-order valence-electron chi connectivity index (χ4n) is 5.33. The van der Waals surface area contributed by atoms with Gasteiger partial charge < -0.3 is 9.47 Å². The fraction of sp³-hybridized carbons (Fsp3) is 0.276. The molecule has 0 radical (unpaired) electrons.